The minimum Gasteiger partial charge on any atom is -0.361 e. The molecule has 9 heterocycles. The minimum atomic E-state index is -3.56. The number of aromatic amines is 1. The van der Waals surface area contributed by atoms with Gasteiger partial charge >= 0.3 is 11.6 Å². The molecule has 0 spiro atoms. The average Bonchev–Trinajstić information content (AvgIpc) is 4.47. The Kier molecular flexibility index (Phi) is 18.5. The molecule has 8 aromatic heterocycles. The molecule has 1 saturated heterocycles. The predicted molar refractivity (Wildman–Crippen MR) is 318 cm³/mol. The fourth-order valence-electron chi connectivity index (χ4n) is 12.0. The van der Waals surface area contributed by atoms with E-state index in [1.54, 1.807) is 6.20 Å². The average molecular weight is 1190 g/mol. The van der Waals surface area contributed by atoms with Crippen molar-refractivity contribution in [2.24, 2.45) is 0 Å². The zero-order valence-electron chi connectivity index (χ0n) is 48.1. The molecule has 24 heteroatoms. The van der Waals surface area contributed by atoms with E-state index in [1.165, 1.54) is 0 Å². The molecule has 0 unspecified atom stereocenters. The molecule has 4 fully saturated rings. The first kappa shape index (κ1) is 59.5. The maximum absolute atomic E-state index is 13.8. The quantitative estimate of drug-likeness (QED) is 0.0961. The first-order valence-corrected chi connectivity index (χ1v) is 30.9. The van der Waals surface area contributed by atoms with Gasteiger partial charge in [0.2, 0.25) is 11.9 Å². The van der Waals surface area contributed by atoms with Gasteiger partial charge in [0.05, 0.1) is 63.7 Å². The molecule has 442 valence electrons. The van der Waals surface area contributed by atoms with Crippen molar-refractivity contribution in [1.29, 1.82) is 0 Å². The lowest BCUT2D eigenvalue weighted by molar-refractivity contribution is 0.207. The van der Waals surface area contributed by atoms with Gasteiger partial charge in [0.1, 0.15) is 35.2 Å². The van der Waals surface area contributed by atoms with Crippen LogP contribution in [0.4, 0.5) is 20.7 Å². The van der Waals surface area contributed by atoms with Crippen LogP contribution in [0.1, 0.15) is 105 Å². The second-order valence-electron chi connectivity index (χ2n) is 22.1. The molecule has 1 aromatic carbocycles. The Morgan fingerprint density at radius 3 is 1.82 bits per heavy atom. The summed E-state index contributed by atoms with van der Waals surface area (Å²) in [7, 11) is -3.56. The molecule has 3 saturated carbocycles. The molecule has 0 bridgehead atoms. The Hall–Kier alpha value is -7.67. The zero-order chi connectivity index (χ0) is 59.2. The van der Waals surface area contributed by atoms with Crippen LogP contribution in [0, 0.1) is 41.5 Å². The summed E-state index contributed by atoms with van der Waals surface area (Å²) in [6, 6.07) is 18.5. The third-order valence-corrected chi connectivity index (χ3v) is 16.6. The van der Waals surface area contributed by atoms with Crippen LogP contribution in [0.3, 0.4) is 0 Å². The molecular weight excluding hydrogens is 1120 g/mol. The molecule has 0 amide bonds. The van der Waals surface area contributed by atoms with Gasteiger partial charge in [-0.05, 0) is 147 Å². The fourth-order valence-corrected chi connectivity index (χ4v) is 12.7. The Morgan fingerprint density at radius 1 is 0.667 bits per heavy atom. The van der Waals surface area contributed by atoms with Crippen LogP contribution in [0.15, 0.2) is 88.4 Å². The van der Waals surface area contributed by atoms with E-state index < -0.39 is 40.1 Å². The number of benzene rings is 1. The summed E-state index contributed by atoms with van der Waals surface area (Å²) in [5.41, 5.74) is 13.0. The van der Waals surface area contributed by atoms with Crippen LogP contribution in [-0.4, -0.2) is 127 Å². The van der Waals surface area contributed by atoms with Crippen LogP contribution < -0.4 is 10.6 Å². The summed E-state index contributed by atoms with van der Waals surface area (Å²) in [4.78, 5) is 34.4. The Labute approximate surface area is 489 Å². The van der Waals surface area contributed by atoms with E-state index in [4.69, 9.17) is 41.6 Å². The standard InChI is InChI=1S/C29H30N6O4S.C26H30FN7O.C5H9F.O2S/c1-17-15-30-29(32-23-11-8-12-25(23)39-40(4,36)37)33-27(17)22-16-35(20-9-6-5-7-10-20)28-21(22)13-14-24(31-28)26-18(2)34-38-19(26)3;1-14-11-29-26(31-20-5-4-6-22(20)34-10-9-17(27)13-34)32-24(14)19-12-28-25-18(19)7-8-21(30-25)23-15(2)33-35-16(23)3;6-5-3-1-2-4-5;1-3-2/h5-7,9-10,13-16,23,25H,8,11-12H2,1-4H3,(H,30,32,33);7-8,11-12,17,20,22H,4-6,9-10,13H2,1-3H3,(H,28,30)(H,29,31,32);5H,1-4H2;/t23-,25+;17-,20-,22-;;/m00../s1. The number of halogens is 2. The number of likely N-dealkylation sites (tertiary alicyclic amines) is 1. The number of H-pyrrole nitrogens is 1. The van der Waals surface area contributed by atoms with E-state index in [-0.39, 0.29) is 12.1 Å². The predicted octanol–water partition coefficient (Wildman–Crippen LogP) is 11.6. The first-order valence-electron chi connectivity index (χ1n) is 28.4. The SMILES string of the molecule is Cc1cnc(N[C@H]2CCC[C@@H]2N2CC[C@H](F)C2)nc1-c1c[nH]c2nc(-c3c(C)noc3C)ccc12.Cc1cnc(N[C@H]2CCC[C@H]2OS(C)(=O)=O)nc1-c1cn(-c2ccccc2)c2nc(-c3c(C)noc3C)ccc12.FC1CCCC1.O=S=O. The summed E-state index contributed by atoms with van der Waals surface area (Å²) in [5.74, 6) is 2.52. The number of pyridine rings is 2. The molecule has 3 aliphatic carbocycles. The number of aryl methyl sites for hydroxylation is 6. The van der Waals surface area contributed by atoms with Crippen molar-refractivity contribution in [3.8, 4) is 50.7 Å². The van der Waals surface area contributed by atoms with Crippen LogP contribution in [0.5, 0.6) is 0 Å². The van der Waals surface area contributed by atoms with Crippen LogP contribution in [0.25, 0.3) is 72.8 Å². The summed E-state index contributed by atoms with van der Waals surface area (Å²) in [6.45, 7) is 13.0. The number of nitrogens with one attached hydrogen (secondary N) is 3. The Bertz CT molecular complexity index is 3880. The highest BCUT2D eigenvalue weighted by Gasteiger charge is 2.37. The van der Waals surface area contributed by atoms with Crippen LogP contribution in [-0.2, 0) is 25.9 Å². The fraction of sp³-hybridized carbons (Fsp3) is 0.433. The maximum atomic E-state index is 13.8. The second-order valence-corrected chi connectivity index (χ2v) is 23.8. The Morgan fingerprint density at radius 2 is 1.25 bits per heavy atom. The summed E-state index contributed by atoms with van der Waals surface area (Å²) < 4.78 is 83.9. The molecule has 3 N–H and O–H groups in total. The number of nitrogens with zero attached hydrogens (tertiary/aromatic N) is 10. The van der Waals surface area contributed by atoms with Crippen molar-refractivity contribution in [2.45, 2.75) is 149 Å². The molecule has 5 atom stereocenters. The van der Waals surface area contributed by atoms with Gasteiger partial charge in [0, 0.05) is 77.5 Å². The highest BCUT2D eigenvalue weighted by molar-refractivity contribution is 7.86. The van der Waals surface area contributed by atoms with E-state index in [0.717, 1.165) is 177 Å². The van der Waals surface area contributed by atoms with E-state index >= 15 is 0 Å². The van der Waals surface area contributed by atoms with Crippen LogP contribution in [0.2, 0.25) is 0 Å². The molecule has 13 rings (SSSR count). The molecule has 9 aromatic rings. The highest BCUT2D eigenvalue weighted by atomic mass is 32.2. The summed E-state index contributed by atoms with van der Waals surface area (Å²) in [5, 5.41) is 17.0. The lowest BCUT2D eigenvalue weighted by Crippen LogP contribution is -2.43. The number of hydrogen-bond acceptors (Lipinski definition) is 18. The maximum Gasteiger partial charge on any atom is 0.335 e. The summed E-state index contributed by atoms with van der Waals surface area (Å²) in [6.07, 6.45) is 17.2. The highest BCUT2D eigenvalue weighted by Crippen LogP contribution is 2.38. The van der Waals surface area contributed by atoms with Crippen molar-refractivity contribution in [2.75, 3.05) is 30.0 Å². The van der Waals surface area contributed by atoms with E-state index in [2.05, 4.69) is 57.5 Å². The van der Waals surface area contributed by atoms with Crippen molar-refractivity contribution >= 4 is 55.7 Å². The van der Waals surface area contributed by atoms with Gasteiger partial charge in [-0.3, -0.25) is 9.08 Å². The largest absolute Gasteiger partial charge is 0.361 e. The number of para-hydroxylation sites is 1. The van der Waals surface area contributed by atoms with Crippen molar-refractivity contribution in [3.05, 3.63) is 113 Å². The monoisotopic (exact) mass is 1190 g/mol. The third kappa shape index (κ3) is 13.5. The van der Waals surface area contributed by atoms with E-state index in [0.29, 0.717) is 37.3 Å². The Balaban J connectivity index is 0.000000164. The topological polar surface area (TPSA) is 255 Å². The smallest absolute Gasteiger partial charge is 0.335 e. The molecule has 4 aliphatic rings. The number of fused-ring (bicyclic) bond motifs is 2. The third-order valence-electron chi connectivity index (χ3n) is 16.0. The van der Waals surface area contributed by atoms with Gasteiger partial charge in [0.15, 0.2) is 0 Å². The number of aromatic nitrogens is 10. The lowest BCUT2D eigenvalue weighted by atomic mass is 10.1. The number of hydrogen-bond donors (Lipinski definition) is 3. The van der Waals surface area contributed by atoms with E-state index in [1.807, 2.05) is 103 Å². The second kappa shape index (κ2) is 26.1. The number of rotatable bonds is 12. The van der Waals surface area contributed by atoms with Gasteiger partial charge in [-0.15, -0.1) is 0 Å². The normalized spacial score (nSPS) is 19.8. The number of anilines is 2. The van der Waals surface area contributed by atoms with E-state index in [9.17, 15) is 17.2 Å². The lowest BCUT2D eigenvalue weighted by Gasteiger charge is -2.29. The number of alkyl halides is 2. The van der Waals surface area contributed by atoms with Gasteiger partial charge in [-0.1, -0.05) is 41.4 Å². The van der Waals surface area contributed by atoms with Crippen LogP contribution >= 0.6 is 0 Å². The van der Waals surface area contributed by atoms with Crippen molar-refractivity contribution < 1.29 is 38.8 Å². The van der Waals surface area contributed by atoms with Crippen molar-refractivity contribution in [3.63, 3.8) is 0 Å². The first-order chi connectivity index (χ1) is 40.5. The van der Waals surface area contributed by atoms with Gasteiger partial charge in [-0.2, -0.15) is 16.8 Å². The molecule has 1 aliphatic heterocycles. The van der Waals surface area contributed by atoms with Gasteiger partial charge in [0.25, 0.3) is 10.1 Å². The molecule has 0 radical (unpaired) electrons. The van der Waals surface area contributed by atoms with Gasteiger partial charge in [-0.25, -0.2) is 38.7 Å². The van der Waals surface area contributed by atoms with Crippen molar-refractivity contribution in [1.82, 2.24) is 54.7 Å². The minimum absolute atomic E-state index is 0.199. The zero-order valence-corrected chi connectivity index (χ0v) is 49.7. The molecular formula is C60H69F2N13O7S2. The van der Waals surface area contributed by atoms with Gasteiger partial charge < -0.3 is 29.2 Å². The molecule has 20 nitrogen and oxygen atoms in total. The molecule has 84 heavy (non-hydrogen) atoms. The summed E-state index contributed by atoms with van der Waals surface area (Å²) >= 11 is -0.750.